The number of anilines is 2. The fraction of sp³-hybridized carbons (Fsp3) is 0.722. The van der Waals surface area contributed by atoms with E-state index in [1.807, 2.05) is 4.90 Å². The van der Waals surface area contributed by atoms with E-state index in [0.29, 0.717) is 56.0 Å². The van der Waals surface area contributed by atoms with E-state index < -0.39 is 5.92 Å². The van der Waals surface area contributed by atoms with Crippen molar-refractivity contribution in [3.63, 3.8) is 0 Å². The van der Waals surface area contributed by atoms with Crippen LogP contribution in [0.15, 0.2) is 0 Å². The lowest BCUT2D eigenvalue weighted by Crippen LogP contribution is -2.41. The molecular weight excluding hydrogens is 378 g/mol. The van der Waals surface area contributed by atoms with Crippen LogP contribution in [0.4, 0.5) is 11.9 Å². The molecule has 0 saturated carbocycles. The summed E-state index contributed by atoms with van der Waals surface area (Å²) in [5.74, 6) is 0.686. The smallest absolute Gasteiger partial charge is 0.246 e. The second-order valence-electron chi connectivity index (χ2n) is 7.32. The maximum Gasteiger partial charge on any atom is 0.246 e. The molecule has 1 atom stereocenters. The molecule has 1 fully saturated rings. The fourth-order valence-electron chi connectivity index (χ4n) is 3.48. The average molecular weight is 407 g/mol. The largest absolute Gasteiger partial charge is 0.378 e. The Morgan fingerprint density at radius 2 is 1.86 bits per heavy atom. The summed E-state index contributed by atoms with van der Waals surface area (Å²) in [5.41, 5.74) is 5.40. The van der Waals surface area contributed by atoms with E-state index in [4.69, 9.17) is 4.74 Å². The maximum absolute atomic E-state index is 12.6. The van der Waals surface area contributed by atoms with E-state index in [-0.39, 0.29) is 18.4 Å². The highest BCUT2D eigenvalue weighted by Crippen LogP contribution is 2.17. The van der Waals surface area contributed by atoms with Crippen LogP contribution in [0.2, 0.25) is 0 Å². The Kier molecular flexibility index (Phi) is 7.94. The van der Waals surface area contributed by atoms with Crippen LogP contribution in [-0.4, -0.2) is 70.4 Å². The molecule has 1 aromatic rings. The number of hydroxylamine groups is 2. The van der Waals surface area contributed by atoms with Crippen LogP contribution in [0.25, 0.3) is 0 Å². The number of nitrogens with one attached hydrogen (secondary N) is 2. The van der Waals surface area contributed by atoms with Crippen molar-refractivity contribution in [2.24, 2.45) is 5.92 Å². The SMILES string of the molecule is O=CN(O)C[C@H]1CCCCCCCc2nc(nc(N3CCOCC3)n2)NNC1=O. The van der Waals surface area contributed by atoms with Gasteiger partial charge in [-0.3, -0.25) is 25.6 Å². The molecule has 3 rings (SSSR count). The number of amides is 2. The Bertz CT molecular complexity index is 684. The number of hydrazine groups is 1. The molecule has 2 bridgehead atoms. The van der Waals surface area contributed by atoms with Crippen LogP contribution >= 0.6 is 0 Å². The number of aromatic nitrogens is 3. The molecule has 0 unspecified atom stereocenters. The van der Waals surface area contributed by atoms with Gasteiger partial charge in [-0.1, -0.05) is 25.7 Å². The number of nitrogens with zero attached hydrogens (tertiary/aromatic N) is 5. The van der Waals surface area contributed by atoms with Gasteiger partial charge in [-0.2, -0.15) is 15.0 Å². The molecule has 0 spiro atoms. The lowest BCUT2D eigenvalue weighted by Gasteiger charge is -2.27. The van der Waals surface area contributed by atoms with Crippen molar-refractivity contribution >= 4 is 24.2 Å². The first-order chi connectivity index (χ1) is 14.2. The van der Waals surface area contributed by atoms with Gasteiger partial charge in [-0.05, 0) is 12.8 Å². The molecule has 0 aromatic carbocycles. The van der Waals surface area contributed by atoms with Gasteiger partial charge < -0.3 is 9.64 Å². The van der Waals surface area contributed by atoms with Crippen molar-refractivity contribution in [3.8, 4) is 0 Å². The first-order valence-electron chi connectivity index (χ1n) is 10.2. The Morgan fingerprint density at radius 1 is 1.10 bits per heavy atom. The van der Waals surface area contributed by atoms with Crippen molar-refractivity contribution in [1.29, 1.82) is 0 Å². The molecule has 3 N–H and O–H groups in total. The zero-order chi connectivity index (χ0) is 20.5. The first-order valence-corrected chi connectivity index (χ1v) is 10.2. The maximum atomic E-state index is 12.6. The van der Waals surface area contributed by atoms with Gasteiger partial charge in [0, 0.05) is 19.5 Å². The number of aryl methyl sites for hydroxylation is 1. The zero-order valence-corrected chi connectivity index (χ0v) is 16.5. The standard InChI is InChI=1S/C18H29N7O4/c26-13-25(28)12-14-6-4-2-1-3-5-7-15-19-17(23-22-16(14)27)21-18(20-15)24-8-10-29-11-9-24/h13-14,28H,1-12H2,(H,22,27)(H,19,20,21,23)/t14-/m1/s1. The summed E-state index contributed by atoms with van der Waals surface area (Å²) >= 11 is 0. The number of fused-ring (bicyclic) bond motifs is 2. The van der Waals surface area contributed by atoms with Crippen LogP contribution < -0.4 is 15.8 Å². The zero-order valence-electron chi connectivity index (χ0n) is 16.5. The van der Waals surface area contributed by atoms with Crippen molar-refractivity contribution < 1.29 is 19.5 Å². The Morgan fingerprint density at radius 3 is 2.66 bits per heavy atom. The summed E-state index contributed by atoms with van der Waals surface area (Å²) in [4.78, 5) is 38.8. The van der Waals surface area contributed by atoms with Gasteiger partial charge in [0.2, 0.25) is 24.2 Å². The minimum Gasteiger partial charge on any atom is -0.378 e. The third-order valence-corrected chi connectivity index (χ3v) is 5.11. The molecule has 2 amide bonds. The molecule has 0 radical (unpaired) electrons. The lowest BCUT2D eigenvalue weighted by molar-refractivity contribution is -0.154. The van der Waals surface area contributed by atoms with Crippen LogP contribution in [0.1, 0.15) is 44.3 Å². The minimum atomic E-state index is -0.527. The third-order valence-electron chi connectivity index (χ3n) is 5.11. The third kappa shape index (κ3) is 6.50. The number of morpholine rings is 1. The Labute approximate surface area is 169 Å². The van der Waals surface area contributed by atoms with E-state index in [0.717, 1.165) is 38.5 Å². The summed E-state index contributed by atoms with van der Waals surface area (Å²) in [6.07, 6.45) is 6.58. The van der Waals surface area contributed by atoms with E-state index >= 15 is 0 Å². The monoisotopic (exact) mass is 407 g/mol. The van der Waals surface area contributed by atoms with Gasteiger partial charge >= 0.3 is 0 Å². The normalized spacial score (nSPS) is 21.5. The van der Waals surface area contributed by atoms with Gasteiger partial charge in [-0.25, -0.2) is 5.06 Å². The summed E-state index contributed by atoms with van der Waals surface area (Å²) in [6, 6.07) is 0. The molecule has 1 aromatic heterocycles. The van der Waals surface area contributed by atoms with E-state index in [1.54, 1.807) is 0 Å². The van der Waals surface area contributed by atoms with Gasteiger partial charge in [0.05, 0.1) is 25.7 Å². The first kappa shape index (κ1) is 21.2. The van der Waals surface area contributed by atoms with Gasteiger partial charge in [-0.15, -0.1) is 0 Å². The number of carbonyl (C=O) groups is 2. The Balaban J connectivity index is 1.76. The molecule has 160 valence electrons. The second kappa shape index (κ2) is 10.9. The van der Waals surface area contributed by atoms with Crippen LogP contribution in [0, 0.1) is 5.92 Å². The van der Waals surface area contributed by atoms with Crippen molar-refractivity contribution in [3.05, 3.63) is 5.82 Å². The van der Waals surface area contributed by atoms with Crippen molar-refractivity contribution in [2.45, 2.75) is 44.9 Å². The molecule has 11 nitrogen and oxygen atoms in total. The van der Waals surface area contributed by atoms with Gasteiger partial charge in [0.15, 0.2) is 0 Å². The fourth-order valence-corrected chi connectivity index (χ4v) is 3.48. The molecule has 0 aliphatic carbocycles. The van der Waals surface area contributed by atoms with Gasteiger partial charge in [0.1, 0.15) is 5.82 Å². The lowest BCUT2D eigenvalue weighted by atomic mass is 9.99. The summed E-state index contributed by atoms with van der Waals surface area (Å²) in [6.45, 7) is 2.59. The molecule has 3 heterocycles. The van der Waals surface area contributed by atoms with E-state index in [9.17, 15) is 14.8 Å². The topological polar surface area (TPSA) is 133 Å². The number of carbonyl (C=O) groups excluding carboxylic acids is 2. The molecular formula is C18H29N7O4. The molecule has 1 saturated heterocycles. The molecule has 2 aliphatic heterocycles. The summed E-state index contributed by atoms with van der Waals surface area (Å²) in [5, 5.41) is 10.0. The molecule has 2 aliphatic rings. The number of rotatable bonds is 4. The van der Waals surface area contributed by atoms with Gasteiger partial charge in [0.25, 0.3) is 0 Å². The highest BCUT2D eigenvalue weighted by molar-refractivity contribution is 5.80. The summed E-state index contributed by atoms with van der Waals surface area (Å²) < 4.78 is 5.39. The predicted molar refractivity (Wildman–Crippen MR) is 104 cm³/mol. The van der Waals surface area contributed by atoms with E-state index in [2.05, 4.69) is 25.8 Å². The van der Waals surface area contributed by atoms with Crippen molar-refractivity contribution in [2.75, 3.05) is 43.2 Å². The number of ether oxygens (including phenoxy) is 1. The highest BCUT2D eigenvalue weighted by atomic mass is 16.5. The number of hydrogen-bond acceptors (Lipinski definition) is 9. The van der Waals surface area contributed by atoms with Crippen LogP contribution in [-0.2, 0) is 20.7 Å². The van der Waals surface area contributed by atoms with E-state index in [1.165, 1.54) is 0 Å². The van der Waals surface area contributed by atoms with Crippen LogP contribution in [0.5, 0.6) is 0 Å². The van der Waals surface area contributed by atoms with Crippen molar-refractivity contribution in [1.82, 2.24) is 25.4 Å². The average Bonchev–Trinajstić information content (AvgIpc) is 2.75. The highest BCUT2D eigenvalue weighted by Gasteiger charge is 2.22. The molecule has 29 heavy (non-hydrogen) atoms. The Hall–Kier alpha value is -2.53. The minimum absolute atomic E-state index is 0.0571. The summed E-state index contributed by atoms with van der Waals surface area (Å²) in [7, 11) is 0. The van der Waals surface area contributed by atoms with Crippen LogP contribution in [0.3, 0.4) is 0 Å². The predicted octanol–water partition coefficient (Wildman–Crippen LogP) is 0.512. The second-order valence-corrected chi connectivity index (χ2v) is 7.32. The molecule has 11 heteroatoms. The number of hydrogen-bond donors (Lipinski definition) is 3. The quantitative estimate of drug-likeness (QED) is 0.371.